The second kappa shape index (κ2) is 5.36. The zero-order chi connectivity index (χ0) is 15.1. The predicted octanol–water partition coefficient (Wildman–Crippen LogP) is 2.37. The molecule has 1 unspecified atom stereocenters. The van der Waals surface area contributed by atoms with E-state index in [0.29, 0.717) is 12.0 Å². The van der Waals surface area contributed by atoms with Crippen LogP contribution in [0.3, 0.4) is 0 Å². The minimum atomic E-state index is 0.0453. The molecule has 4 nitrogen and oxygen atoms in total. The van der Waals surface area contributed by atoms with E-state index in [-0.39, 0.29) is 5.91 Å². The van der Waals surface area contributed by atoms with Crippen molar-refractivity contribution in [3.05, 3.63) is 41.6 Å². The van der Waals surface area contributed by atoms with Crippen molar-refractivity contribution in [1.29, 1.82) is 0 Å². The van der Waals surface area contributed by atoms with E-state index in [1.807, 2.05) is 30.5 Å². The predicted molar refractivity (Wildman–Crippen MR) is 86.9 cm³/mol. The highest BCUT2D eigenvalue weighted by atomic mass is 16.1. The molecule has 0 spiro atoms. The van der Waals surface area contributed by atoms with Crippen LogP contribution in [0.5, 0.6) is 0 Å². The summed E-state index contributed by atoms with van der Waals surface area (Å²) in [6, 6.07) is 8.08. The maximum Gasteiger partial charge on any atom is 0.251 e. The van der Waals surface area contributed by atoms with Crippen LogP contribution in [0, 0.1) is 12.8 Å². The number of amides is 1. The quantitative estimate of drug-likeness (QED) is 0.925. The molecule has 3 saturated heterocycles. The van der Waals surface area contributed by atoms with Gasteiger partial charge >= 0.3 is 0 Å². The van der Waals surface area contributed by atoms with Gasteiger partial charge in [-0.25, -0.2) is 0 Å². The van der Waals surface area contributed by atoms with Gasteiger partial charge in [-0.1, -0.05) is 0 Å². The van der Waals surface area contributed by atoms with Gasteiger partial charge in [0.25, 0.3) is 5.91 Å². The normalized spacial score (nSPS) is 27.0. The van der Waals surface area contributed by atoms with Crippen molar-refractivity contribution >= 4 is 16.8 Å². The van der Waals surface area contributed by atoms with Crippen LogP contribution in [-0.2, 0) is 0 Å². The van der Waals surface area contributed by atoms with Crippen LogP contribution < -0.4 is 5.32 Å². The summed E-state index contributed by atoms with van der Waals surface area (Å²) in [5.41, 5.74) is 2.84. The van der Waals surface area contributed by atoms with Gasteiger partial charge in [-0.15, -0.1) is 0 Å². The first-order valence-electron chi connectivity index (χ1n) is 8.09. The first-order valence-corrected chi connectivity index (χ1v) is 8.09. The Morgan fingerprint density at radius 3 is 2.82 bits per heavy atom. The number of rotatable bonds is 2. The number of hydrogen-bond acceptors (Lipinski definition) is 3. The first kappa shape index (κ1) is 13.7. The molecule has 0 radical (unpaired) electrons. The summed E-state index contributed by atoms with van der Waals surface area (Å²) < 4.78 is 0. The Labute approximate surface area is 130 Å². The highest BCUT2D eigenvalue weighted by Gasteiger charge is 2.34. The average molecular weight is 295 g/mol. The third kappa shape index (κ3) is 2.37. The van der Waals surface area contributed by atoms with E-state index in [9.17, 15) is 4.79 Å². The molecule has 1 N–H and O–H groups in total. The summed E-state index contributed by atoms with van der Waals surface area (Å²) >= 11 is 0. The van der Waals surface area contributed by atoms with Gasteiger partial charge in [0.05, 0.1) is 5.52 Å². The van der Waals surface area contributed by atoms with E-state index >= 15 is 0 Å². The molecular weight excluding hydrogens is 274 g/mol. The molecule has 1 atom stereocenters. The van der Waals surface area contributed by atoms with E-state index in [4.69, 9.17) is 0 Å². The third-order valence-electron chi connectivity index (χ3n) is 5.19. The number of hydrogen-bond donors (Lipinski definition) is 1. The van der Waals surface area contributed by atoms with E-state index in [1.54, 1.807) is 0 Å². The molecule has 22 heavy (non-hydrogen) atoms. The van der Waals surface area contributed by atoms with Crippen LogP contribution in [-0.4, -0.2) is 41.5 Å². The van der Waals surface area contributed by atoms with Crippen LogP contribution in [0.15, 0.2) is 30.5 Å². The number of aromatic nitrogens is 1. The summed E-state index contributed by atoms with van der Waals surface area (Å²) in [6.07, 6.45) is 4.24. The molecule has 1 aromatic heterocycles. The highest BCUT2D eigenvalue weighted by molar-refractivity contribution is 5.98. The molecule has 4 heterocycles. The van der Waals surface area contributed by atoms with Gasteiger partial charge in [0.1, 0.15) is 0 Å². The standard InChI is InChI=1S/C18H21N3O/c1-12-4-7-19-16-3-2-14(10-15(12)16)18(22)20-17-11-21-8-5-13(17)6-9-21/h2-4,7,10,13,17H,5-6,8-9,11H2,1H3,(H,20,22). The smallest absolute Gasteiger partial charge is 0.251 e. The van der Waals surface area contributed by atoms with Crippen LogP contribution >= 0.6 is 0 Å². The Balaban J connectivity index is 1.56. The van der Waals surface area contributed by atoms with Crippen molar-refractivity contribution in [2.24, 2.45) is 5.92 Å². The lowest BCUT2D eigenvalue weighted by Crippen LogP contribution is -2.57. The van der Waals surface area contributed by atoms with Gasteiger partial charge in [0.15, 0.2) is 0 Å². The summed E-state index contributed by atoms with van der Waals surface area (Å²) in [6.45, 7) is 5.44. The lowest BCUT2D eigenvalue weighted by atomic mass is 9.84. The lowest BCUT2D eigenvalue weighted by Gasteiger charge is -2.44. The Morgan fingerprint density at radius 1 is 1.27 bits per heavy atom. The van der Waals surface area contributed by atoms with E-state index < -0.39 is 0 Å². The number of aryl methyl sites for hydroxylation is 1. The number of fused-ring (bicyclic) bond motifs is 4. The fourth-order valence-electron chi connectivity index (χ4n) is 3.81. The average Bonchev–Trinajstić information content (AvgIpc) is 2.56. The maximum absolute atomic E-state index is 12.6. The summed E-state index contributed by atoms with van der Waals surface area (Å²) in [5, 5.41) is 4.31. The minimum absolute atomic E-state index is 0.0453. The van der Waals surface area contributed by atoms with Gasteiger partial charge < -0.3 is 10.2 Å². The molecule has 5 rings (SSSR count). The van der Waals surface area contributed by atoms with Crippen molar-refractivity contribution in [3.8, 4) is 0 Å². The summed E-state index contributed by atoms with van der Waals surface area (Å²) in [5.74, 6) is 0.696. The fourth-order valence-corrected chi connectivity index (χ4v) is 3.81. The molecule has 0 saturated carbocycles. The second-order valence-electron chi connectivity index (χ2n) is 6.58. The SMILES string of the molecule is Cc1ccnc2ccc(C(=O)NC3CN4CCC3CC4)cc12. The Kier molecular flexibility index (Phi) is 3.34. The van der Waals surface area contributed by atoms with Crippen LogP contribution in [0.2, 0.25) is 0 Å². The molecule has 2 bridgehead atoms. The molecule has 114 valence electrons. The number of benzene rings is 1. The van der Waals surface area contributed by atoms with Crippen molar-refractivity contribution in [3.63, 3.8) is 0 Å². The van der Waals surface area contributed by atoms with Gasteiger partial charge in [0.2, 0.25) is 0 Å². The molecular formula is C18H21N3O. The molecule has 1 amide bonds. The Hall–Kier alpha value is -1.94. The van der Waals surface area contributed by atoms with Gasteiger partial charge in [0, 0.05) is 29.7 Å². The van der Waals surface area contributed by atoms with Gasteiger partial charge in [-0.05, 0) is 68.6 Å². The number of piperidine rings is 3. The molecule has 3 aliphatic heterocycles. The monoisotopic (exact) mass is 295 g/mol. The van der Waals surface area contributed by atoms with Gasteiger partial charge in [-0.2, -0.15) is 0 Å². The second-order valence-corrected chi connectivity index (χ2v) is 6.58. The topological polar surface area (TPSA) is 45.2 Å². The number of carbonyl (C=O) groups excluding carboxylic acids is 1. The fraction of sp³-hybridized carbons (Fsp3) is 0.444. The largest absolute Gasteiger partial charge is 0.348 e. The molecule has 2 aromatic rings. The number of nitrogens with one attached hydrogen (secondary N) is 1. The van der Waals surface area contributed by atoms with Crippen molar-refractivity contribution < 1.29 is 4.79 Å². The van der Waals surface area contributed by atoms with Crippen LogP contribution in [0.4, 0.5) is 0 Å². The van der Waals surface area contributed by atoms with Crippen molar-refractivity contribution in [1.82, 2.24) is 15.2 Å². The van der Waals surface area contributed by atoms with E-state index in [2.05, 4.69) is 22.1 Å². The Morgan fingerprint density at radius 2 is 2.09 bits per heavy atom. The Bertz CT molecular complexity index is 719. The van der Waals surface area contributed by atoms with Crippen molar-refractivity contribution in [2.75, 3.05) is 19.6 Å². The van der Waals surface area contributed by atoms with E-state index in [0.717, 1.165) is 28.6 Å². The number of pyridine rings is 1. The van der Waals surface area contributed by atoms with Gasteiger partial charge in [-0.3, -0.25) is 9.78 Å². The molecule has 3 aliphatic rings. The summed E-state index contributed by atoms with van der Waals surface area (Å²) in [4.78, 5) is 19.4. The number of nitrogens with zero attached hydrogens (tertiary/aromatic N) is 2. The zero-order valence-electron chi connectivity index (χ0n) is 12.9. The minimum Gasteiger partial charge on any atom is -0.348 e. The lowest BCUT2D eigenvalue weighted by molar-refractivity contribution is 0.0620. The molecule has 0 aliphatic carbocycles. The molecule has 1 aromatic carbocycles. The van der Waals surface area contributed by atoms with Crippen LogP contribution in [0.1, 0.15) is 28.8 Å². The third-order valence-corrected chi connectivity index (χ3v) is 5.19. The molecule has 3 fully saturated rings. The van der Waals surface area contributed by atoms with E-state index in [1.165, 1.54) is 25.9 Å². The summed E-state index contributed by atoms with van der Waals surface area (Å²) in [7, 11) is 0. The van der Waals surface area contributed by atoms with Crippen molar-refractivity contribution in [2.45, 2.75) is 25.8 Å². The highest BCUT2D eigenvalue weighted by Crippen LogP contribution is 2.27. The zero-order valence-corrected chi connectivity index (χ0v) is 12.9. The number of carbonyl (C=O) groups is 1. The first-order chi connectivity index (χ1) is 10.7. The van der Waals surface area contributed by atoms with Crippen LogP contribution in [0.25, 0.3) is 10.9 Å². The molecule has 4 heteroatoms. The maximum atomic E-state index is 12.6.